The van der Waals surface area contributed by atoms with Crippen molar-refractivity contribution in [1.29, 1.82) is 0 Å². The van der Waals surface area contributed by atoms with Crippen molar-refractivity contribution in [1.82, 2.24) is 0 Å². The van der Waals surface area contributed by atoms with Crippen molar-refractivity contribution in [3.63, 3.8) is 0 Å². The molecule has 0 unspecified atom stereocenters. The zero-order chi connectivity index (χ0) is 17.3. The standard InChI is InChI=1S/C16H13F4N3O/c17-13-3-1-2-4-14(13)22-10-23(21-15(22)9-24)12-7-5-11(6-8-12)16(18,19)20/h1-8,24H,9-10H2. The van der Waals surface area contributed by atoms with Gasteiger partial charge in [0.2, 0.25) is 0 Å². The Morgan fingerprint density at radius 1 is 1.04 bits per heavy atom. The van der Waals surface area contributed by atoms with Crippen LogP contribution in [0.4, 0.5) is 28.9 Å². The van der Waals surface area contributed by atoms with Crippen LogP contribution < -0.4 is 9.91 Å². The molecule has 4 nitrogen and oxygen atoms in total. The number of amidine groups is 1. The number of hydrogen-bond acceptors (Lipinski definition) is 4. The monoisotopic (exact) mass is 339 g/mol. The van der Waals surface area contributed by atoms with Crippen molar-refractivity contribution in [3.05, 3.63) is 59.9 Å². The van der Waals surface area contributed by atoms with E-state index in [1.165, 1.54) is 40.2 Å². The highest BCUT2D eigenvalue weighted by Crippen LogP contribution is 2.32. The van der Waals surface area contributed by atoms with Crippen molar-refractivity contribution in [2.45, 2.75) is 6.18 Å². The number of hydrazone groups is 1. The lowest BCUT2D eigenvalue weighted by atomic mass is 10.2. The van der Waals surface area contributed by atoms with Gasteiger partial charge >= 0.3 is 6.18 Å². The van der Waals surface area contributed by atoms with Crippen LogP contribution in [-0.4, -0.2) is 24.2 Å². The lowest BCUT2D eigenvalue weighted by Gasteiger charge is -2.21. The van der Waals surface area contributed by atoms with E-state index >= 15 is 0 Å². The highest BCUT2D eigenvalue weighted by Gasteiger charge is 2.31. The van der Waals surface area contributed by atoms with Gasteiger partial charge in [-0.2, -0.15) is 18.3 Å². The van der Waals surface area contributed by atoms with Gasteiger partial charge in [0, 0.05) is 0 Å². The van der Waals surface area contributed by atoms with Crippen LogP contribution in [0.2, 0.25) is 0 Å². The van der Waals surface area contributed by atoms with Gasteiger partial charge < -0.3 is 10.0 Å². The fourth-order valence-electron chi connectivity index (χ4n) is 2.41. The van der Waals surface area contributed by atoms with Crippen LogP contribution in [0, 0.1) is 5.82 Å². The van der Waals surface area contributed by atoms with Crippen LogP contribution in [0.1, 0.15) is 5.56 Å². The summed E-state index contributed by atoms with van der Waals surface area (Å²) < 4.78 is 51.8. The molecule has 0 saturated carbocycles. The number of benzene rings is 2. The van der Waals surface area contributed by atoms with Crippen molar-refractivity contribution < 1.29 is 22.7 Å². The van der Waals surface area contributed by atoms with Gasteiger partial charge in [-0.25, -0.2) is 9.40 Å². The second kappa shape index (κ2) is 6.12. The highest BCUT2D eigenvalue weighted by atomic mass is 19.4. The second-order valence-corrected chi connectivity index (χ2v) is 5.14. The fourth-order valence-corrected chi connectivity index (χ4v) is 2.41. The van der Waals surface area contributed by atoms with Crippen LogP contribution in [0.5, 0.6) is 0 Å². The van der Waals surface area contributed by atoms with Crippen LogP contribution in [-0.2, 0) is 6.18 Å². The second-order valence-electron chi connectivity index (χ2n) is 5.14. The highest BCUT2D eigenvalue weighted by molar-refractivity contribution is 6.01. The van der Waals surface area contributed by atoms with Gasteiger partial charge in [0.05, 0.1) is 16.9 Å². The third kappa shape index (κ3) is 3.05. The van der Waals surface area contributed by atoms with Gasteiger partial charge in [0.15, 0.2) is 5.84 Å². The molecule has 0 spiro atoms. The first kappa shape index (κ1) is 16.3. The molecule has 0 fully saturated rings. The number of rotatable bonds is 3. The lowest BCUT2D eigenvalue weighted by Crippen LogP contribution is -2.33. The molecule has 126 valence electrons. The number of nitrogens with zero attached hydrogens (tertiary/aromatic N) is 3. The Morgan fingerprint density at radius 3 is 2.29 bits per heavy atom. The first-order valence-electron chi connectivity index (χ1n) is 7.05. The number of aliphatic hydroxyl groups is 1. The molecule has 0 aromatic heterocycles. The molecule has 2 aromatic carbocycles. The summed E-state index contributed by atoms with van der Waals surface area (Å²) >= 11 is 0. The maximum atomic E-state index is 13.9. The Hall–Kier alpha value is -2.61. The molecule has 1 heterocycles. The van der Waals surface area contributed by atoms with E-state index in [2.05, 4.69) is 5.10 Å². The number of anilines is 2. The van der Waals surface area contributed by atoms with Crippen LogP contribution in [0.15, 0.2) is 53.6 Å². The van der Waals surface area contributed by atoms with E-state index < -0.39 is 24.2 Å². The molecular formula is C16H13F4N3O. The van der Waals surface area contributed by atoms with Crippen molar-refractivity contribution >= 4 is 17.2 Å². The Bertz CT molecular complexity index is 759. The minimum absolute atomic E-state index is 0.0855. The van der Waals surface area contributed by atoms with Gasteiger partial charge in [0.25, 0.3) is 0 Å². The summed E-state index contributed by atoms with van der Waals surface area (Å²) in [5, 5.41) is 15.0. The Kier molecular flexibility index (Phi) is 4.15. The first-order chi connectivity index (χ1) is 11.4. The molecule has 8 heteroatoms. The number of halogens is 4. The van der Waals surface area contributed by atoms with Crippen molar-refractivity contribution in [3.8, 4) is 0 Å². The van der Waals surface area contributed by atoms with E-state index in [9.17, 15) is 22.7 Å². The summed E-state index contributed by atoms with van der Waals surface area (Å²) in [6, 6.07) is 10.5. The molecule has 2 aromatic rings. The quantitative estimate of drug-likeness (QED) is 0.871. The molecule has 0 atom stereocenters. The number of para-hydroxylation sites is 1. The Balaban J connectivity index is 1.87. The number of aliphatic hydroxyl groups excluding tert-OH is 1. The molecule has 0 radical (unpaired) electrons. The molecule has 1 aliphatic rings. The lowest BCUT2D eigenvalue weighted by molar-refractivity contribution is -0.137. The third-order valence-electron chi connectivity index (χ3n) is 3.60. The van der Waals surface area contributed by atoms with Gasteiger partial charge in [-0.3, -0.25) is 0 Å². The van der Waals surface area contributed by atoms with Gasteiger partial charge in [-0.15, -0.1) is 0 Å². The minimum Gasteiger partial charge on any atom is -0.388 e. The minimum atomic E-state index is -4.41. The van der Waals surface area contributed by atoms with E-state index in [0.717, 1.165) is 12.1 Å². The van der Waals surface area contributed by atoms with E-state index in [4.69, 9.17) is 0 Å². The van der Waals surface area contributed by atoms with E-state index in [0.29, 0.717) is 5.69 Å². The van der Waals surface area contributed by atoms with Gasteiger partial charge in [0.1, 0.15) is 19.1 Å². The molecule has 0 saturated heterocycles. The molecule has 0 bridgehead atoms. The molecule has 0 amide bonds. The summed E-state index contributed by atoms with van der Waals surface area (Å²) in [5.74, 6) is -0.270. The Labute approximate surface area is 135 Å². The molecule has 24 heavy (non-hydrogen) atoms. The topological polar surface area (TPSA) is 39.1 Å². The van der Waals surface area contributed by atoms with Crippen molar-refractivity contribution in [2.24, 2.45) is 5.10 Å². The van der Waals surface area contributed by atoms with Crippen LogP contribution in [0.3, 0.4) is 0 Å². The van der Waals surface area contributed by atoms with E-state index in [1.807, 2.05) is 0 Å². The van der Waals surface area contributed by atoms with E-state index in [1.54, 1.807) is 6.07 Å². The maximum Gasteiger partial charge on any atom is 0.416 e. The smallest absolute Gasteiger partial charge is 0.388 e. The summed E-state index contributed by atoms with van der Waals surface area (Å²) in [6.45, 7) is -0.340. The maximum absolute atomic E-state index is 13.9. The molecular weight excluding hydrogens is 326 g/mol. The predicted octanol–water partition coefficient (Wildman–Crippen LogP) is 3.43. The fraction of sp³-hybridized carbons (Fsp3) is 0.188. The zero-order valence-electron chi connectivity index (χ0n) is 12.3. The van der Waals surface area contributed by atoms with Gasteiger partial charge in [-0.05, 0) is 36.4 Å². The normalized spacial score (nSPS) is 15.0. The average molecular weight is 339 g/mol. The first-order valence-corrected chi connectivity index (χ1v) is 7.05. The summed E-state index contributed by atoms with van der Waals surface area (Å²) in [5.41, 5.74) is -0.115. The number of hydrogen-bond donors (Lipinski definition) is 1. The van der Waals surface area contributed by atoms with Crippen LogP contribution >= 0.6 is 0 Å². The summed E-state index contributed by atoms with van der Waals surface area (Å²) in [7, 11) is 0. The molecule has 3 rings (SSSR count). The third-order valence-corrected chi connectivity index (χ3v) is 3.60. The summed E-state index contributed by atoms with van der Waals surface area (Å²) in [6.07, 6.45) is -4.41. The van der Waals surface area contributed by atoms with Crippen molar-refractivity contribution in [2.75, 3.05) is 23.2 Å². The van der Waals surface area contributed by atoms with E-state index in [-0.39, 0.29) is 18.2 Å². The largest absolute Gasteiger partial charge is 0.416 e. The number of alkyl halides is 3. The summed E-state index contributed by atoms with van der Waals surface area (Å²) in [4.78, 5) is 1.47. The predicted molar refractivity (Wildman–Crippen MR) is 82.2 cm³/mol. The van der Waals surface area contributed by atoms with Crippen LogP contribution in [0.25, 0.3) is 0 Å². The molecule has 0 aliphatic carbocycles. The van der Waals surface area contributed by atoms with Gasteiger partial charge in [-0.1, -0.05) is 12.1 Å². The Morgan fingerprint density at radius 2 is 1.71 bits per heavy atom. The molecule has 1 aliphatic heterocycles. The SMILES string of the molecule is OCC1=NN(c2ccc(C(F)(F)F)cc2)CN1c1ccccc1F. The average Bonchev–Trinajstić information content (AvgIpc) is 2.99. The molecule has 1 N–H and O–H groups in total. The zero-order valence-corrected chi connectivity index (χ0v) is 12.3.